The number of amides is 1. The van der Waals surface area contributed by atoms with Gasteiger partial charge in [-0.25, -0.2) is 4.79 Å². The molecule has 30 heavy (non-hydrogen) atoms. The van der Waals surface area contributed by atoms with Crippen molar-refractivity contribution in [2.45, 2.75) is 20.0 Å². The summed E-state index contributed by atoms with van der Waals surface area (Å²) in [4.78, 5) is 50.5. The number of carbonyl (C=O) groups is 4. The van der Waals surface area contributed by atoms with Crippen molar-refractivity contribution in [3.8, 4) is 0 Å². The first-order valence-electron chi connectivity index (χ1n) is 9.26. The third kappa shape index (κ3) is 3.30. The standard InChI is InChI=1S/C23H17NO6/c1-12-10-11-18(29-12)23(28)30-13(2)22(27)24-17-9-5-8-16-19(17)21(26)15-7-4-3-6-14(15)20(16)25/h3-11,13H,1-2H3,(H,24,27)/t13-/m1/s1. The number of rotatable bonds is 4. The number of benzene rings is 2. The first-order chi connectivity index (χ1) is 14.4. The Bertz CT molecular complexity index is 1210. The van der Waals surface area contributed by atoms with Crippen molar-refractivity contribution < 1.29 is 28.3 Å². The number of anilines is 1. The van der Waals surface area contributed by atoms with Crippen LogP contribution in [0.3, 0.4) is 0 Å². The van der Waals surface area contributed by atoms with Crippen LogP contribution in [-0.4, -0.2) is 29.5 Å². The van der Waals surface area contributed by atoms with Gasteiger partial charge in [0.15, 0.2) is 17.7 Å². The Kier molecular flexibility index (Phi) is 4.79. The Hall–Kier alpha value is -4.00. The van der Waals surface area contributed by atoms with E-state index in [0.717, 1.165) is 0 Å². The zero-order valence-corrected chi connectivity index (χ0v) is 16.2. The number of furan rings is 1. The van der Waals surface area contributed by atoms with Crippen molar-refractivity contribution >= 4 is 29.1 Å². The van der Waals surface area contributed by atoms with E-state index in [1.807, 2.05) is 0 Å². The molecule has 0 unspecified atom stereocenters. The van der Waals surface area contributed by atoms with Gasteiger partial charge in [0, 0.05) is 16.7 Å². The Morgan fingerprint density at radius 3 is 2.23 bits per heavy atom. The van der Waals surface area contributed by atoms with Crippen molar-refractivity contribution in [2.24, 2.45) is 0 Å². The maximum atomic E-state index is 13.0. The lowest BCUT2D eigenvalue weighted by atomic mass is 9.83. The van der Waals surface area contributed by atoms with Crippen molar-refractivity contribution in [3.05, 3.63) is 88.4 Å². The third-order valence-electron chi connectivity index (χ3n) is 4.80. The fourth-order valence-corrected chi connectivity index (χ4v) is 3.30. The summed E-state index contributed by atoms with van der Waals surface area (Å²) in [6.07, 6.45) is -1.15. The molecule has 7 nitrogen and oxygen atoms in total. The van der Waals surface area contributed by atoms with Gasteiger partial charge < -0.3 is 14.5 Å². The molecule has 0 spiro atoms. The molecule has 2 aromatic carbocycles. The number of aryl methyl sites for hydroxylation is 1. The quantitative estimate of drug-likeness (QED) is 0.523. The van der Waals surface area contributed by atoms with Crippen LogP contribution in [0.4, 0.5) is 5.69 Å². The van der Waals surface area contributed by atoms with E-state index in [-0.39, 0.29) is 39.7 Å². The van der Waals surface area contributed by atoms with Crippen LogP contribution in [0.2, 0.25) is 0 Å². The largest absolute Gasteiger partial charge is 0.454 e. The highest BCUT2D eigenvalue weighted by Crippen LogP contribution is 2.32. The van der Waals surface area contributed by atoms with Gasteiger partial charge in [-0.15, -0.1) is 0 Å². The molecular formula is C23H17NO6. The molecule has 1 aliphatic carbocycles. The predicted molar refractivity (Wildman–Crippen MR) is 107 cm³/mol. The number of hydrogen-bond donors (Lipinski definition) is 1. The molecule has 150 valence electrons. The molecule has 0 fully saturated rings. The predicted octanol–water partition coefficient (Wildman–Crippen LogP) is 3.55. The van der Waals surface area contributed by atoms with Gasteiger partial charge >= 0.3 is 5.97 Å². The number of nitrogens with one attached hydrogen (secondary N) is 1. The van der Waals surface area contributed by atoms with E-state index in [9.17, 15) is 19.2 Å². The fourth-order valence-electron chi connectivity index (χ4n) is 3.30. The van der Waals surface area contributed by atoms with Crippen molar-refractivity contribution in [1.29, 1.82) is 0 Å². The van der Waals surface area contributed by atoms with Gasteiger partial charge in [-0.05, 0) is 32.0 Å². The summed E-state index contributed by atoms with van der Waals surface area (Å²) in [6.45, 7) is 3.09. The topological polar surface area (TPSA) is 103 Å². The zero-order valence-electron chi connectivity index (χ0n) is 16.2. The minimum Gasteiger partial charge on any atom is -0.454 e. The average Bonchev–Trinajstić information content (AvgIpc) is 3.18. The van der Waals surface area contributed by atoms with E-state index in [1.54, 1.807) is 49.4 Å². The Morgan fingerprint density at radius 1 is 0.900 bits per heavy atom. The first-order valence-corrected chi connectivity index (χ1v) is 9.26. The number of carbonyl (C=O) groups excluding carboxylic acids is 4. The van der Waals surface area contributed by atoms with Crippen LogP contribution in [0.5, 0.6) is 0 Å². The number of esters is 1. The monoisotopic (exact) mass is 403 g/mol. The van der Waals surface area contributed by atoms with Crippen LogP contribution in [0.1, 0.15) is 55.1 Å². The molecule has 1 aromatic heterocycles. The first kappa shape index (κ1) is 19.3. The molecule has 0 saturated carbocycles. The van der Waals surface area contributed by atoms with Gasteiger partial charge in [-0.3, -0.25) is 14.4 Å². The van der Waals surface area contributed by atoms with Gasteiger partial charge in [-0.1, -0.05) is 36.4 Å². The van der Waals surface area contributed by atoms with E-state index >= 15 is 0 Å². The zero-order chi connectivity index (χ0) is 21.4. The van der Waals surface area contributed by atoms with Crippen LogP contribution >= 0.6 is 0 Å². The maximum Gasteiger partial charge on any atom is 0.375 e. The van der Waals surface area contributed by atoms with Crippen LogP contribution in [0.15, 0.2) is 59.0 Å². The highest BCUT2D eigenvalue weighted by Gasteiger charge is 2.32. The van der Waals surface area contributed by atoms with Crippen molar-refractivity contribution in [3.63, 3.8) is 0 Å². The third-order valence-corrected chi connectivity index (χ3v) is 4.80. The molecule has 1 heterocycles. The number of fused-ring (bicyclic) bond motifs is 2. The summed E-state index contributed by atoms with van der Waals surface area (Å²) in [5, 5.41) is 2.59. The molecule has 0 radical (unpaired) electrons. The highest BCUT2D eigenvalue weighted by molar-refractivity contribution is 6.30. The summed E-state index contributed by atoms with van der Waals surface area (Å²) >= 11 is 0. The van der Waals surface area contributed by atoms with E-state index in [1.165, 1.54) is 19.1 Å². The highest BCUT2D eigenvalue weighted by atomic mass is 16.6. The summed E-state index contributed by atoms with van der Waals surface area (Å²) in [5.41, 5.74) is 1.13. The molecule has 4 rings (SSSR count). The van der Waals surface area contributed by atoms with Crippen LogP contribution < -0.4 is 5.32 Å². The van der Waals surface area contributed by atoms with Crippen molar-refractivity contribution in [1.82, 2.24) is 0 Å². The molecule has 0 saturated heterocycles. The molecule has 3 aromatic rings. The Morgan fingerprint density at radius 2 is 1.57 bits per heavy atom. The van der Waals surface area contributed by atoms with Crippen LogP contribution in [0.25, 0.3) is 0 Å². The van der Waals surface area contributed by atoms with Crippen LogP contribution in [-0.2, 0) is 9.53 Å². The normalized spacial score (nSPS) is 13.3. The van der Waals surface area contributed by atoms with E-state index in [0.29, 0.717) is 11.3 Å². The van der Waals surface area contributed by atoms with E-state index < -0.39 is 18.0 Å². The smallest absolute Gasteiger partial charge is 0.375 e. The number of ether oxygens (including phenoxy) is 1. The van der Waals surface area contributed by atoms with E-state index in [4.69, 9.17) is 9.15 Å². The molecule has 1 atom stereocenters. The second-order valence-corrected chi connectivity index (χ2v) is 6.88. The summed E-state index contributed by atoms with van der Waals surface area (Å²) in [5.74, 6) is -1.53. The second-order valence-electron chi connectivity index (χ2n) is 6.88. The minimum absolute atomic E-state index is 0.0124. The minimum atomic E-state index is -1.15. The lowest BCUT2D eigenvalue weighted by Crippen LogP contribution is -2.31. The van der Waals surface area contributed by atoms with Crippen LogP contribution in [0, 0.1) is 6.92 Å². The van der Waals surface area contributed by atoms with Gasteiger partial charge in [0.25, 0.3) is 5.91 Å². The lowest BCUT2D eigenvalue weighted by molar-refractivity contribution is -0.123. The number of hydrogen-bond acceptors (Lipinski definition) is 6. The van der Waals surface area contributed by atoms with E-state index in [2.05, 4.69) is 5.32 Å². The maximum absolute atomic E-state index is 13.0. The van der Waals surface area contributed by atoms with Gasteiger partial charge in [0.1, 0.15) is 5.76 Å². The fraction of sp³-hybridized carbons (Fsp3) is 0.130. The summed E-state index contributed by atoms with van der Waals surface area (Å²) in [6, 6.07) is 14.3. The molecule has 7 heteroatoms. The average molecular weight is 403 g/mol. The second kappa shape index (κ2) is 7.44. The molecule has 0 aliphatic heterocycles. The van der Waals surface area contributed by atoms with Crippen molar-refractivity contribution in [2.75, 3.05) is 5.32 Å². The van der Waals surface area contributed by atoms with Gasteiger partial charge in [0.05, 0.1) is 11.3 Å². The lowest BCUT2D eigenvalue weighted by Gasteiger charge is -2.21. The Labute approximate surface area is 171 Å². The number of ketones is 2. The van der Waals surface area contributed by atoms with Gasteiger partial charge in [0.2, 0.25) is 5.76 Å². The Balaban J connectivity index is 1.57. The SMILES string of the molecule is Cc1ccc(C(=O)O[C@H](C)C(=O)Nc2cccc3c2C(=O)c2ccccc2C3=O)o1. The molecule has 0 bridgehead atoms. The molecular weight excluding hydrogens is 386 g/mol. The summed E-state index contributed by atoms with van der Waals surface area (Å²) < 4.78 is 10.3. The molecule has 1 amide bonds. The molecule has 1 N–H and O–H groups in total. The summed E-state index contributed by atoms with van der Waals surface area (Å²) in [7, 11) is 0. The van der Waals surface area contributed by atoms with Gasteiger partial charge in [-0.2, -0.15) is 0 Å². The molecule has 1 aliphatic rings.